The highest BCUT2D eigenvalue weighted by Gasteiger charge is 2.33. The number of ketones is 1. The molecule has 116 valence electrons. The Morgan fingerprint density at radius 2 is 1.91 bits per heavy atom. The van der Waals surface area contributed by atoms with Crippen molar-refractivity contribution in [3.63, 3.8) is 0 Å². The van der Waals surface area contributed by atoms with Crippen molar-refractivity contribution in [2.24, 2.45) is 0 Å². The fraction of sp³-hybridized carbons (Fsp3) is 0.421. The zero-order valence-corrected chi connectivity index (χ0v) is 14.7. The molecule has 1 aromatic rings. The molecule has 3 heteroatoms. The molecule has 0 fully saturated rings. The van der Waals surface area contributed by atoms with Crippen LogP contribution in [0.15, 0.2) is 46.7 Å². The third kappa shape index (κ3) is 2.82. The lowest BCUT2D eigenvalue weighted by molar-refractivity contribution is 0.0998. The van der Waals surface area contributed by atoms with E-state index in [1.807, 2.05) is 24.3 Å². The highest BCUT2D eigenvalue weighted by atomic mass is 28.3. The molecule has 0 atom stereocenters. The van der Waals surface area contributed by atoms with Gasteiger partial charge < -0.3 is 4.74 Å². The van der Waals surface area contributed by atoms with Gasteiger partial charge in [-0.2, -0.15) is 0 Å². The number of carbonyl (C=O) groups excluding carboxylic acids is 1. The number of allylic oxidation sites excluding steroid dienone is 3. The largest absolute Gasteiger partial charge is 0.488 e. The first-order chi connectivity index (χ1) is 10.5. The minimum Gasteiger partial charge on any atom is -0.488 e. The number of hydrogen-bond acceptors (Lipinski definition) is 2. The van der Waals surface area contributed by atoms with Crippen LogP contribution in [0.4, 0.5) is 0 Å². The molecule has 2 aliphatic rings. The van der Waals surface area contributed by atoms with Gasteiger partial charge in [-0.1, -0.05) is 43.4 Å². The van der Waals surface area contributed by atoms with Crippen molar-refractivity contribution in [2.45, 2.75) is 45.3 Å². The molecule has 0 saturated carbocycles. The van der Waals surface area contributed by atoms with Crippen LogP contribution in [0.5, 0.6) is 5.75 Å². The minimum absolute atomic E-state index is 0.172. The van der Waals surface area contributed by atoms with Gasteiger partial charge in [-0.15, -0.1) is 0 Å². The Bertz CT molecular complexity index is 662. The summed E-state index contributed by atoms with van der Waals surface area (Å²) in [4.78, 5) is 13.0. The predicted octanol–water partition coefficient (Wildman–Crippen LogP) is 4.94. The molecule has 0 spiro atoms. The first-order valence-electron chi connectivity index (χ1n) is 8.18. The van der Waals surface area contributed by atoms with Crippen LogP contribution in [0, 0.1) is 0 Å². The lowest BCUT2D eigenvalue weighted by Crippen LogP contribution is -2.32. The topological polar surface area (TPSA) is 26.3 Å². The molecule has 22 heavy (non-hydrogen) atoms. The third-order valence-electron chi connectivity index (χ3n) is 4.44. The Morgan fingerprint density at radius 3 is 2.59 bits per heavy atom. The second-order valence-electron chi connectivity index (χ2n) is 7.19. The predicted molar refractivity (Wildman–Crippen MR) is 93.2 cm³/mol. The third-order valence-corrected chi connectivity index (χ3v) is 6.56. The smallest absolute Gasteiger partial charge is 0.196 e. The molecule has 1 aromatic carbocycles. The van der Waals surface area contributed by atoms with Crippen molar-refractivity contribution in [2.75, 3.05) is 6.61 Å². The van der Waals surface area contributed by atoms with E-state index in [2.05, 4.69) is 25.7 Å². The van der Waals surface area contributed by atoms with E-state index in [1.54, 1.807) is 0 Å². The van der Waals surface area contributed by atoms with Gasteiger partial charge in [-0.3, -0.25) is 4.79 Å². The second kappa shape index (κ2) is 5.88. The molecular formula is C19H24O2Si. The van der Waals surface area contributed by atoms with E-state index < -0.39 is 8.07 Å². The number of hydrogen-bond donors (Lipinski definition) is 0. The van der Waals surface area contributed by atoms with E-state index in [1.165, 1.54) is 23.6 Å². The number of Topliss-reactive ketones (excluding diaryl/α,β-unsaturated/α-hetero) is 1. The van der Waals surface area contributed by atoms with Crippen molar-refractivity contribution in [3.8, 4) is 5.75 Å². The summed E-state index contributed by atoms with van der Waals surface area (Å²) in [6, 6.07) is 7.60. The van der Waals surface area contributed by atoms with Gasteiger partial charge in [0.15, 0.2) is 5.78 Å². The zero-order chi connectivity index (χ0) is 15.7. The van der Waals surface area contributed by atoms with E-state index in [-0.39, 0.29) is 5.78 Å². The number of benzene rings is 1. The Kier molecular flexibility index (Phi) is 4.09. The molecule has 2 nitrogen and oxygen atoms in total. The van der Waals surface area contributed by atoms with Gasteiger partial charge in [0.25, 0.3) is 0 Å². The average molecular weight is 312 g/mol. The first-order valence-corrected chi connectivity index (χ1v) is 11.7. The van der Waals surface area contributed by atoms with Crippen LogP contribution in [-0.2, 0) is 0 Å². The van der Waals surface area contributed by atoms with Crippen LogP contribution in [0.3, 0.4) is 0 Å². The van der Waals surface area contributed by atoms with Gasteiger partial charge in [-0.25, -0.2) is 0 Å². The summed E-state index contributed by atoms with van der Waals surface area (Å²) >= 11 is 0. The SMILES string of the molecule is C[Si](C)(C)/C(C1=CCCCC1)=C1/COc2ccccc2C1=O. The fourth-order valence-corrected chi connectivity index (χ4v) is 5.82. The highest BCUT2D eigenvalue weighted by Crippen LogP contribution is 2.36. The first kappa shape index (κ1) is 15.3. The van der Waals surface area contributed by atoms with Crippen LogP contribution >= 0.6 is 0 Å². The minimum atomic E-state index is -1.61. The van der Waals surface area contributed by atoms with E-state index in [9.17, 15) is 4.79 Å². The monoisotopic (exact) mass is 312 g/mol. The van der Waals surface area contributed by atoms with Gasteiger partial charge >= 0.3 is 0 Å². The van der Waals surface area contributed by atoms with E-state index in [0.717, 1.165) is 29.7 Å². The average Bonchev–Trinajstić information content (AvgIpc) is 2.50. The highest BCUT2D eigenvalue weighted by molar-refractivity contribution is 6.84. The molecule has 0 unspecified atom stereocenters. The normalized spacial score (nSPS) is 20.9. The Morgan fingerprint density at radius 1 is 1.14 bits per heavy atom. The lowest BCUT2D eigenvalue weighted by atomic mass is 9.93. The van der Waals surface area contributed by atoms with Crippen molar-refractivity contribution in [1.29, 1.82) is 0 Å². The van der Waals surface area contributed by atoms with Crippen LogP contribution in [0.2, 0.25) is 19.6 Å². The Balaban J connectivity index is 2.12. The maximum Gasteiger partial charge on any atom is 0.196 e. The van der Waals surface area contributed by atoms with Crippen LogP contribution < -0.4 is 4.74 Å². The molecular weight excluding hydrogens is 288 g/mol. The molecule has 1 aliphatic heterocycles. The summed E-state index contributed by atoms with van der Waals surface area (Å²) in [6.07, 6.45) is 7.11. The molecule has 1 heterocycles. The van der Waals surface area contributed by atoms with Crippen LogP contribution in [0.25, 0.3) is 0 Å². The van der Waals surface area contributed by atoms with Crippen LogP contribution in [-0.4, -0.2) is 20.5 Å². The second-order valence-corrected chi connectivity index (χ2v) is 12.2. The summed E-state index contributed by atoms with van der Waals surface area (Å²) in [5.41, 5.74) is 3.04. The lowest BCUT2D eigenvalue weighted by Gasteiger charge is -2.31. The number of ether oxygens (including phenoxy) is 1. The van der Waals surface area contributed by atoms with Gasteiger partial charge in [0.1, 0.15) is 12.4 Å². The summed E-state index contributed by atoms with van der Waals surface area (Å²) in [5, 5.41) is 1.34. The molecule has 0 radical (unpaired) electrons. The summed E-state index contributed by atoms with van der Waals surface area (Å²) in [6.45, 7) is 7.42. The molecule has 0 amide bonds. The molecule has 0 aromatic heterocycles. The van der Waals surface area contributed by atoms with Gasteiger partial charge in [0.2, 0.25) is 0 Å². The van der Waals surface area contributed by atoms with Crippen LogP contribution in [0.1, 0.15) is 36.0 Å². The number of carbonyl (C=O) groups is 1. The van der Waals surface area contributed by atoms with Crippen molar-refractivity contribution in [1.82, 2.24) is 0 Å². The molecule has 0 bridgehead atoms. The van der Waals surface area contributed by atoms with Gasteiger partial charge in [0, 0.05) is 5.57 Å². The van der Waals surface area contributed by atoms with Crippen molar-refractivity contribution >= 4 is 13.9 Å². The number of fused-ring (bicyclic) bond motifs is 1. The van der Waals surface area contributed by atoms with E-state index in [4.69, 9.17) is 4.74 Å². The standard InChI is InChI=1S/C19H24O2Si/c1-22(2,3)19(14-9-5-4-6-10-14)16-13-21-17-12-8-7-11-15(17)18(16)20/h7-9,11-12H,4-6,10,13H2,1-3H3/b19-16-. The summed E-state index contributed by atoms with van der Waals surface area (Å²) < 4.78 is 5.89. The Hall–Kier alpha value is -1.61. The van der Waals surface area contributed by atoms with Crippen molar-refractivity contribution < 1.29 is 9.53 Å². The van der Waals surface area contributed by atoms with Gasteiger partial charge in [-0.05, 0) is 43.0 Å². The van der Waals surface area contributed by atoms with Crippen molar-refractivity contribution in [3.05, 3.63) is 52.2 Å². The molecule has 3 rings (SSSR count). The molecule has 1 aliphatic carbocycles. The van der Waals surface area contributed by atoms with Gasteiger partial charge in [0.05, 0.1) is 13.6 Å². The maximum atomic E-state index is 13.0. The molecule has 0 saturated heterocycles. The Labute approximate surface area is 133 Å². The maximum absolute atomic E-state index is 13.0. The summed E-state index contributed by atoms with van der Waals surface area (Å²) in [5.74, 6) is 0.898. The quantitative estimate of drug-likeness (QED) is 0.571. The zero-order valence-electron chi connectivity index (χ0n) is 13.7. The van der Waals surface area contributed by atoms with E-state index in [0.29, 0.717) is 6.61 Å². The number of para-hydroxylation sites is 1. The number of rotatable bonds is 2. The van der Waals surface area contributed by atoms with E-state index >= 15 is 0 Å². The summed E-state index contributed by atoms with van der Waals surface area (Å²) in [7, 11) is -1.61. The fourth-order valence-electron chi connectivity index (χ4n) is 3.54. The molecule has 0 N–H and O–H groups in total.